The molecule has 4 rings (SSSR count). The molecule has 0 bridgehead atoms. The number of pyridine rings is 1. The molecule has 2 aliphatic rings. The average molecular weight is 272 g/mol. The van der Waals surface area contributed by atoms with Crippen molar-refractivity contribution in [2.75, 3.05) is 31.2 Å². The van der Waals surface area contributed by atoms with Crippen LogP contribution >= 0.6 is 0 Å². The van der Waals surface area contributed by atoms with Crippen LogP contribution in [-0.2, 0) is 11.8 Å². The van der Waals surface area contributed by atoms with Crippen molar-refractivity contribution in [3.05, 3.63) is 24.0 Å². The van der Waals surface area contributed by atoms with Crippen LogP contribution in [0.15, 0.2) is 18.3 Å². The lowest BCUT2D eigenvalue weighted by Gasteiger charge is -2.56. The van der Waals surface area contributed by atoms with E-state index in [9.17, 15) is 0 Å². The van der Waals surface area contributed by atoms with Crippen molar-refractivity contribution in [2.24, 2.45) is 18.2 Å². The summed E-state index contributed by atoms with van der Waals surface area (Å²) in [7, 11) is 2.05. The Morgan fingerprint density at radius 1 is 1.40 bits per heavy atom. The van der Waals surface area contributed by atoms with E-state index in [0.717, 1.165) is 43.0 Å². The van der Waals surface area contributed by atoms with Crippen molar-refractivity contribution >= 4 is 16.7 Å². The van der Waals surface area contributed by atoms with Gasteiger partial charge in [-0.25, -0.2) is 4.98 Å². The van der Waals surface area contributed by atoms with Gasteiger partial charge in [-0.15, -0.1) is 0 Å². The molecule has 5 heteroatoms. The zero-order chi connectivity index (χ0) is 13.9. The van der Waals surface area contributed by atoms with E-state index in [-0.39, 0.29) is 6.04 Å². The molecule has 2 aliphatic heterocycles. The van der Waals surface area contributed by atoms with Crippen LogP contribution in [0.25, 0.3) is 11.0 Å². The van der Waals surface area contributed by atoms with Gasteiger partial charge in [-0.05, 0) is 19.1 Å². The topological polar surface area (TPSA) is 56.3 Å². The molecule has 20 heavy (non-hydrogen) atoms. The normalized spacial score (nSPS) is 21.9. The maximum absolute atomic E-state index is 6.12. The number of nitrogens with zero attached hydrogens (tertiary/aromatic N) is 3. The fourth-order valence-corrected chi connectivity index (χ4v) is 3.29. The van der Waals surface area contributed by atoms with E-state index in [2.05, 4.69) is 22.6 Å². The average Bonchev–Trinajstić information content (AvgIpc) is 2.66. The summed E-state index contributed by atoms with van der Waals surface area (Å²) in [5.41, 5.74) is 10.9. The Kier molecular flexibility index (Phi) is 2.41. The first-order valence-corrected chi connectivity index (χ1v) is 7.12. The van der Waals surface area contributed by atoms with E-state index in [1.807, 2.05) is 19.2 Å². The third-order valence-electron chi connectivity index (χ3n) is 4.52. The number of anilines is 1. The number of aryl methyl sites for hydroxylation is 1. The molecule has 1 atom stereocenters. The second-order valence-electron chi connectivity index (χ2n) is 6.36. The highest BCUT2D eigenvalue weighted by Gasteiger charge is 2.49. The zero-order valence-corrected chi connectivity index (χ0v) is 12.0. The molecular formula is C15H20N4O. The van der Waals surface area contributed by atoms with E-state index in [1.165, 1.54) is 5.69 Å². The number of hydrogen-bond acceptors (Lipinski definition) is 4. The second kappa shape index (κ2) is 3.96. The second-order valence-corrected chi connectivity index (χ2v) is 6.36. The van der Waals surface area contributed by atoms with Gasteiger partial charge in [0.1, 0.15) is 0 Å². The molecule has 2 fully saturated rings. The lowest BCUT2D eigenvalue weighted by Crippen LogP contribution is -2.66. The van der Waals surface area contributed by atoms with Gasteiger partial charge in [0.15, 0.2) is 0 Å². The van der Waals surface area contributed by atoms with E-state index in [4.69, 9.17) is 15.5 Å². The van der Waals surface area contributed by atoms with Gasteiger partial charge in [-0.1, -0.05) is 0 Å². The highest BCUT2D eigenvalue weighted by Crippen LogP contribution is 2.42. The van der Waals surface area contributed by atoms with Gasteiger partial charge in [-0.2, -0.15) is 0 Å². The third-order valence-corrected chi connectivity index (χ3v) is 4.52. The molecule has 5 nitrogen and oxygen atoms in total. The van der Waals surface area contributed by atoms with Crippen LogP contribution < -0.4 is 10.6 Å². The maximum Gasteiger partial charge on any atom is 0.0886 e. The monoisotopic (exact) mass is 272 g/mol. The van der Waals surface area contributed by atoms with Gasteiger partial charge in [0.2, 0.25) is 0 Å². The number of ether oxygens (including phenoxy) is 1. The molecule has 2 saturated heterocycles. The number of nitrogens with two attached hydrogens (primary N) is 1. The van der Waals surface area contributed by atoms with Crippen molar-refractivity contribution in [1.29, 1.82) is 0 Å². The summed E-state index contributed by atoms with van der Waals surface area (Å²) in [6.07, 6.45) is 2.05. The summed E-state index contributed by atoms with van der Waals surface area (Å²) in [5.74, 6) is 0. The van der Waals surface area contributed by atoms with Crippen LogP contribution in [0.1, 0.15) is 18.7 Å². The molecule has 0 saturated carbocycles. The van der Waals surface area contributed by atoms with Crippen LogP contribution in [0.2, 0.25) is 0 Å². The lowest BCUT2D eigenvalue weighted by molar-refractivity contribution is -0.127. The molecule has 0 aliphatic carbocycles. The largest absolute Gasteiger partial charge is 0.380 e. The first kappa shape index (κ1) is 12.2. The van der Waals surface area contributed by atoms with Gasteiger partial charge in [0.05, 0.1) is 41.0 Å². The summed E-state index contributed by atoms with van der Waals surface area (Å²) in [6, 6.07) is 4.22. The van der Waals surface area contributed by atoms with Crippen molar-refractivity contribution < 1.29 is 4.74 Å². The minimum absolute atomic E-state index is 0.0520. The molecule has 1 spiro atoms. The van der Waals surface area contributed by atoms with Gasteiger partial charge >= 0.3 is 0 Å². The van der Waals surface area contributed by atoms with Crippen LogP contribution in [-0.4, -0.2) is 35.9 Å². The fourth-order valence-electron chi connectivity index (χ4n) is 3.29. The Hall–Kier alpha value is -1.59. The first-order chi connectivity index (χ1) is 9.58. The Morgan fingerprint density at radius 3 is 2.75 bits per heavy atom. The highest BCUT2D eigenvalue weighted by molar-refractivity contribution is 5.81. The summed E-state index contributed by atoms with van der Waals surface area (Å²) < 4.78 is 7.46. The summed E-state index contributed by atoms with van der Waals surface area (Å²) in [6.45, 7) is 5.92. The van der Waals surface area contributed by atoms with E-state index in [1.54, 1.807) is 0 Å². The van der Waals surface area contributed by atoms with Crippen molar-refractivity contribution in [1.82, 2.24) is 9.55 Å². The quantitative estimate of drug-likeness (QED) is 0.898. The van der Waals surface area contributed by atoms with E-state index < -0.39 is 0 Å². The SMILES string of the molecule is CC(N)c1nc2ccn(C)c2cc1N1CC2(COC2)C1. The number of aromatic nitrogens is 2. The Labute approximate surface area is 118 Å². The first-order valence-electron chi connectivity index (χ1n) is 7.12. The number of fused-ring (bicyclic) bond motifs is 1. The predicted molar refractivity (Wildman–Crippen MR) is 78.8 cm³/mol. The molecule has 2 aromatic heterocycles. The number of rotatable bonds is 2. The highest BCUT2D eigenvalue weighted by atomic mass is 16.5. The standard InChI is InChI=1S/C15H20N4O/c1-10(16)14-13(19-6-15(7-19)8-20-9-15)5-12-11(17-14)3-4-18(12)2/h3-5,10H,6-9,16H2,1-2H3. The Morgan fingerprint density at radius 2 is 2.15 bits per heavy atom. The van der Waals surface area contributed by atoms with Crippen molar-refractivity contribution in [2.45, 2.75) is 13.0 Å². The molecule has 0 amide bonds. The van der Waals surface area contributed by atoms with Crippen molar-refractivity contribution in [3.63, 3.8) is 0 Å². The lowest BCUT2D eigenvalue weighted by atomic mass is 9.77. The molecular weight excluding hydrogens is 252 g/mol. The molecule has 0 aromatic carbocycles. The Balaban J connectivity index is 1.76. The maximum atomic E-state index is 6.12. The molecule has 4 heterocycles. The van der Waals surface area contributed by atoms with Gasteiger partial charge in [-0.3, -0.25) is 0 Å². The Bertz CT molecular complexity index is 664. The molecule has 1 unspecified atom stereocenters. The number of hydrogen-bond donors (Lipinski definition) is 1. The van der Waals surface area contributed by atoms with Gasteiger partial charge < -0.3 is 19.9 Å². The van der Waals surface area contributed by atoms with Gasteiger partial charge in [0, 0.05) is 32.4 Å². The van der Waals surface area contributed by atoms with Crippen molar-refractivity contribution in [3.8, 4) is 0 Å². The van der Waals surface area contributed by atoms with Gasteiger partial charge in [0.25, 0.3) is 0 Å². The third kappa shape index (κ3) is 1.60. The smallest absolute Gasteiger partial charge is 0.0886 e. The van der Waals surface area contributed by atoms with Crippen LogP contribution in [0.4, 0.5) is 5.69 Å². The molecule has 106 valence electrons. The predicted octanol–water partition coefficient (Wildman–Crippen LogP) is 1.43. The van der Waals surface area contributed by atoms with Crippen LogP contribution in [0.5, 0.6) is 0 Å². The summed E-state index contributed by atoms with van der Waals surface area (Å²) >= 11 is 0. The van der Waals surface area contributed by atoms with E-state index in [0.29, 0.717) is 5.41 Å². The van der Waals surface area contributed by atoms with E-state index >= 15 is 0 Å². The zero-order valence-electron chi connectivity index (χ0n) is 12.0. The molecule has 2 aromatic rings. The molecule has 0 radical (unpaired) electrons. The summed E-state index contributed by atoms with van der Waals surface area (Å²) in [4.78, 5) is 7.16. The van der Waals surface area contributed by atoms with Crippen LogP contribution in [0.3, 0.4) is 0 Å². The van der Waals surface area contributed by atoms with Crippen LogP contribution in [0, 0.1) is 5.41 Å². The molecule has 2 N–H and O–H groups in total. The fraction of sp³-hybridized carbons (Fsp3) is 0.533. The minimum Gasteiger partial charge on any atom is -0.380 e. The minimum atomic E-state index is -0.0520. The summed E-state index contributed by atoms with van der Waals surface area (Å²) in [5, 5.41) is 0.